The number of furan rings is 1. The van der Waals surface area contributed by atoms with Crippen LogP contribution in [0, 0.1) is 0 Å². The topological polar surface area (TPSA) is 50.5 Å². The summed E-state index contributed by atoms with van der Waals surface area (Å²) >= 11 is 0. The van der Waals surface area contributed by atoms with E-state index in [4.69, 9.17) is 4.42 Å². The lowest BCUT2D eigenvalue weighted by Crippen LogP contribution is -2.31. The molecule has 0 saturated heterocycles. The normalized spacial score (nSPS) is 10.6. The Hall–Kier alpha value is -2.10. The fourth-order valence-electron chi connectivity index (χ4n) is 2.11. The van der Waals surface area contributed by atoms with Gasteiger partial charge in [-0.05, 0) is 13.8 Å². The van der Waals surface area contributed by atoms with Gasteiger partial charge in [0, 0.05) is 23.9 Å². The van der Waals surface area contributed by atoms with Crippen molar-refractivity contribution in [2.75, 3.05) is 13.1 Å². The fraction of sp³-hybridized carbons (Fsp3) is 0.333. The van der Waals surface area contributed by atoms with Crippen molar-refractivity contribution < 1.29 is 14.0 Å². The Bertz CT molecular complexity index is 596. The Morgan fingerprint density at radius 2 is 1.84 bits per heavy atom. The van der Waals surface area contributed by atoms with E-state index in [1.807, 2.05) is 38.1 Å². The molecule has 2 rings (SSSR count). The summed E-state index contributed by atoms with van der Waals surface area (Å²) in [5, 5.41) is 1.64. The highest BCUT2D eigenvalue weighted by Crippen LogP contribution is 2.22. The first kappa shape index (κ1) is 13.3. The molecule has 0 saturated carbocycles. The van der Waals surface area contributed by atoms with Crippen LogP contribution in [-0.4, -0.2) is 29.7 Å². The summed E-state index contributed by atoms with van der Waals surface area (Å²) in [4.78, 5) is 25.7. The van der Waals surface area contributed by atoms with Crippen LogP contribution < -0.4 is 0 Å². The lowest BCUT2D eigenvalue weighted by Gasteiger charge is -2.17. The van der Waals surface area contributed by atoms with Crippen molar-refractivity contribution in [1.29, 1.82) is 0 Å². The summed E-state index contributed by atoms with van der Waals surface area (Å²) in [6, 6.07) is 7.43. The molecule has 1 aromatic heterocycles. The largest absolute Gasteiger partial charge is 0.460 e. The summed E-state index contributed by atoms with van der Waals surface area (Å²) < 4.78 is 5.30. The van der Waals surface area contributed by atoms with E-state index in [2.05, 4.69) is 0 Å². The van der Waals surface area contributed by atoms with E-state index in [0.29, 0.717) is 13.1 Å². The van der Waals surface area contributed by atoms with Crippen LogP contribution in [0.25, 0.3) is 10.8 Å². The molecule has 1 amide bonds. The van der Waals surface area contributed by atoms with E-state index in [0.717, 1.165) is 10.8 Å². The van der Waals surface area contributed by atoms with Crippen molar-refractivity contribution in [3.05, 3.63) is 36.3 Å². The van der Waals surface area contributed by atoms with E-state index >= 15 is 0 Å². The van der Waals surface area contributed by atoms with Gasteiger partial charge in [0.2, 0.25) is 11.7 Å². The first-order valence-electron chi connectivity index (χ1n) is 6.44. The number of nitrogens with zero attached hydrogens (tertiary/aromatic N) is 1. The molecule has 0 unspecified atom stereocenters. The summed E-state index contributed by atoms with van der Waals surface area (Å²) in [5.74, 6) is -0.148. The van der Waals surface area contributed by atoms with Gasteiger partial charge in [-0.2, -0.15) is 0 Å². The Balaban J connectivity index is 2.18. The van der Waals surface area contributed by atoms with Gasteiger partial charge in [-0.15, -0.1) is 0 Å². The van der Waals surface area contributed by atoms with Gasteiger partial charge in [0.25, 0.3) is 0 Å². The molecule has 0 aliphatic carbocycles. The van der Waals surface area contributed by atoms with Crippen molar-refractivity contribution in [1.82, 2.24) is 4.90 Å². The molecule has 0 radical (unpaired) electrons. The number of ketones is 1. The third kappa shape index (κ3) is 2.67. The number of carbonyl (C=O) groups excluding carboxylic acids is 2. The Kier molecular flexibility index (Phi) is 4.00. The van der Waals surface area contributed by atoms with Crippen LogP contribution in [0.2, 0.25) is 0 Å². The van der Waals surface area contributed by atoms with E-state index in [1.54, 1.807) is 11.2 Å². The molecule has 0 aliphatic rings. The maximum absolute atomic E-state index is 12.1. The van der Waals surface area contributed by atoms with Crippen molar-refractivity contribution in [2.24, 2.45) is 0 Å². The van der Waals surface area contributed by atoms with Gasteiger partial charge in [0.05, 0.1) is 12.7 Å². The quantitative estimate of drug-likeness (QED) is 0.613. The zero-order chi connectivity index (χ0) is 13.8. The molecule has 100 valence electrons. The van der Waals surface area contributed by atoms with Crippen molar-refractivity contribution in [3.63, 3.8) is 0 Å². The van der Waals surface area contributed by atoms with Crippen LogP contribution in [0.5, 0.6) is 0 Å². The molecule has 1 heterocycles. The van der Waals surface area contributed by atoms with Crippen molar-refractivity contribution >= 4 is 22.5 Å². The number of hydrogen-bond donors (Lipinski definition) is 0. The second kappa shape index (κ2) is 5.69. The van der Waals surface area contributed by atoms with Crippen molar-refractivity contribution in [2.45, 2.75) is 20.3 Å². The Morgan fingerprint density at radius 3 is 2.53 bits per heavy atom. The third-order valence-corrected chi connectivity index (χ3v) is 3.19. The van der Waals surface area contributed by atoms with Gasteiger partial charge < -0.3 is 9.32 Å². The molecule has 2 aromatic rings. The molecule has 0 spiro atoms. The highest BCUT2D eigenvalue weighted by Gasteiger charge is 2.20. The first-order chi connectivity index (χ1) is 9.17. The number of amides is 1. The molecular weight excluding hydrogens is 242 g/mol. The molecule has 0 fully saturated rings. The van der Waals surface area contributed by atoms with Crippen LogP contribution in [0.4, 0.5) is 0 Å². The van der Waals surface area contributed by atoms with Crippen molar-refractivity contribution in [3.8, 4) is 0 Å². The Morgan fingerprint density at radius 1 is 1.16 bits per heavy atom. The smallest absolute Gasteiger partial charge is 0.230 e. The molecule has 1 aromatic carbocycles. The second-order valence-electron chi connectivity index (χ2n) is 4.32. The van der Waals surface area contributed by atoms with Gasteiger partial charge in [0.1, 0.15) is 0 Å². The maximum Gasteiger partial charge on any atom is 0.230 e. The van der Waals surface area contributed by atoms with E-state index in [1.165, 1.54) is 0 Å². The molecular formula is C15H17NO3. The van der Waals surface area contributed by atoms with Gasteiger partial charge in [-0.25, -0.2) is 0 Å². The molecule has 0 N–H and O–H groups in total. The lowest BCUT2D eigenvalue weighted by molar-refractivity contribution is -0.129. The molecule has 19 heavy (non-hydrogen) atoms. The predicted molar refractivity (Wildman–Crippen MR) is 73.1 cm³/mol. The zero-order valence-corrected chi connectivity index (χ0v) is 11.2. The maximum atomic E-state index is 12.1. The van der Waals surface area contributed by atoms with Crippen LogP contribution >= 0.6 is 0 Å². The van der Waals surface area contributed by atoms with Crippen LogP contribution in [-0.2, 0) is 4.79 Å². The molecule has 4 heteroatoms. The Labute approximate surface area is 112 Å². The second-order valence-corrected chi connectivity index (χ2v) is 4.32. The third-order valence-electron chi connectivity index (χ3n) is 3.19. The minimum absolute atomic E-state index is 0.140. The number of Topliss-reactive ketones (excluding diaryl/α,β-unsaturated/α-hetero) is 1. The van der Waals surface area contributed by atoms with Crippen LogP contribution in [0.15, 0.2) is 34.9 Å². The monoisotopic (exact) mass is 259 g/mol. The SMILES string of the molecule is CCN(CC)C(=O)CC(=O)c1occ2ccccc12. The van der Waals surface area contributed by atoms with Gasteiger partial charge >= 0.3 is 0 Å². The standard InChI is InChI=1S/C15H17NO3/c1-3-16(4-2)14(18)9-13(17)15-12-8-6-5-7-11(12)10-19-15/h5-8,10H,3-4,9H2,1-2H3. The molecule has 0 bridgehead atoms. The van der Waals surface area contributed by atoms with E-state index in [-0.39, 0.29) is 23.9 Å². The number of benzene rings is 1. The van der Waals surface area contributed by atoms with Crippen LogP contribution in [0.1, 0.15) is 30.8 Å². The number of fused-ring (bicyclic) bond motifs is 1. The number of carbonyl (C=O) groups is 2. The minimum Gasteiger partial charge on any atom is -0.460 e. The zero-order valence-electron chi connectivity index (χ0n) is 11.2. The summed E-state index contributed by atoms with van der Waals surface area (Å²) in [6.07, 6.45) is 1.41. The van der Waals surface area contributed by atoms with E-state index < -0.39 is 0 Å². The highest BCUT2D eigenvalue weighted by molar-refractivity contribution is 6.12. The summed E-state index contributed by atoms with van der Waals surface area (Å²) in [7, 11) is 0. The molecule has 0 atom stereocenters. The van der Waals surface area contributed by atoms with Crippen LogP contribution in [0.3, 0.4) is 0 Å². The highest BCUT2D eigenvalue weighted by atomic mass is 16.3. The molecule has 0 aliphatic heterocycles. The average Bonchev–Trinajstić information content (AvgIpc) is 2.84. The van der Waals surface area contributed by atoms with Gasteiger partial charge in [0.15, 0.2) is 5.76 Å². The van der Waals surface area contributed by atoms with Gasteiger partial charge in [-0.1, -0.05) is 24.3 Å². The minimum atomic E-state index is -0.266. The number of rotatable bonds is 5. The predicted octanol–water partition coefficient (Wildman–Crippen LogP) is 2.87. The average molecular weight is 259 g/mol. The van der Waals surface area contributed by atoms with Gasteiger partial charge in [-0.3, -0.25) is 9.59 Å². The summed E-state index contributed by atoms with van der Waals surface area (Å²) in [5.41, 5.74) is 0. The van der Waals surface area contributed by atoms with E-state index in [9.17, 15) is 9.59 Å². The summed E-state index contributed by atoms with van der Waals surface area (Å²) in [6.45, 7) is 5.02. The lowest BCUT2D eigenvalue weighted by atomic mass is 10.1. The fourth-order valence-corrected chi connectivity index (χ4v) is 2.11. The first-order valence-corrected chi connectivity index (χ1v) is 6.44. The molecule has 4 nitrogen and oxygen atoms in total. The number of hydrogen-bond acceptors (Lipinski definition) is 3.